The van der Waals surface area contributed by atoms with E-state index in [1.807, 2.05) is 30.9 Å². The number of hydrogen-bond donors (Lipinski definition) is 1. The third-order valence-electron chi connectivity index (χ3n) is 2.93. The Hall–Kier alpha value is -2.41. The summed E-state index contributed by atoms with van der Waals surface area (Å²) >= 11 is 0. The SMILES string of the molecule is C=CC(=O)Nc1cc([N+](=O)[O-])ccc1N(C)CCN(C)C. The summed E-state index contributed by atoms with van der Waals surface area (Å²) in [6.07, 6.45) is 1.13. The molecule has 1 amide bonds. The quantitative estimate of drug-likeness (QED) is 0.470. The summed E-state index contributed by atoms with van der Waals surface area (Å²) in [6.45, 7) is 4.93. The standard InChI is InChI=1S/C14H20N4O3/c1-5-14(19)15-12-10-11(18(20)21)6-7-13(12)17(4)9-8-16(2)3/h5-7,10H,1,8-9H2,2-4H3,(H,15,19). The van der Waals surface area contributed by atoms with Crippen molar-refractivity contribution in [1.82, 2.24) is 4.90 Å². The Morgan fingerprint density at radius 2 is 2.05 bits per heavy atom. The molecule has 21 heavy (non-hydrogen) atoms. The third-order valence-corrected chi connectivity index (χ3v) is 2.93. The molecule has 0 spiro atoms. The second kappa shape index (κ2) is 7.39. The lowest BCUT2D eigenvalue weighted by Gasteiger charge is -2.24. The Bertz CT molecular complexity index is 543. The van der Waals surface area contributed by atoms with Gasteiger partial charge in [-0.15, -0.1) is 0 Å². The first kappa shape index (κ1) is 16.6. The number of non-ortho nitro benzene ring substituents is 1. The fraction of sp³-hybridized carbons (Fsp3) is 0.357. The summed E-state index contributed by atoms with van der Waals surface area (Å²) in [4.78, 5) is 25.8. The van der Waals surface area contributed by atoms with Crippen LogP contribution in [0.25, 0.3) is 0 Å². The normalized spacial score (nSPS) is 10.3. The van der Waals surface area contributed by atoms with Crippen molar-refractivity contribution in [3.05, 3.63) is 41.0 Å². The number of amides is 1. The van der Waals surface area contributed by atoms with Crippen LogP contribution in [-0.2, 0) is 4.79 Å². The van der Waals surface area contributed by atoms with Crippen LogP contribution in [-0.4, -0.2) is 50.0 Å². The van der Waals surface area contributed by atoms with Crippen molar-refractivity contribution in [1.29, 1.82) is 0 Å². The van der Waals surface area contributed by atoms with Crippen molar-refractivity contribution in [2.45, 2.75) is 0 Å². The summed E-state index contributed by atoms with van der Waals surface area (Å²) in [7, 11) is 5.79. The lowest BCUT2D eigenvalue weighted by Crippen LogP contribution is -2.29. The van der Waals surface area contributed by atoms with Crippen LogP contribution in [0.2, 0.25) is 0 Å². The van der Waals surface area contributed by atoms with E-state index >= 15 is 0 Å². The van der Waals surface area contributed by atoms with Crippen LogP contribution >= 0.6 is 0 Å². The molecule has 7 nitrogen and oxygen atoms in total. The highest BCUT2D eigenvalue weighted by Gasteiger charge is 2.14. The highest BCUT2D eigenvalue weighted by Crippen LogP contribution is 2.29. The first-order valence-corrected chi connectivity index (χ1v) is 6.43. The van der Waals surface area contributed by atoms with Crippen molar-refractivity contribution in [2.24, 2.45) is 0 Å². The van der Waals surface area contributed by atoms with E-state index in [0.29, 0.717) is 5.69 Å². The number of hydrogen-bond acceptors (Lipinski definition) is 5. The van der Waals surface area contributed by atoms with Crippen molar-refractivity contribution in [3.63, 3.8) is 0 Å². The zero-order valence-corrected chi connectivity index (χ0v) is 12.5. The van der Waals surface area contributed by atoms with E-state index in [1.54, 1.807) is 6.07 Å². The molecule has 1 aromatic rings. The minimum atomic E-state index is -0.493. The largest absolute Gasteiger partial charge is 0.372 e. The zero-order valence-electron chi connectivity index (χ0n) is 12.5. The fourth-order valence-corrected chi connectivity index (χ4v) is 1.72. The molecule has 0 aromatic heterocycles. The van der Waals surface area contributed by atoms with Gasteiger partial charge in [-0.1, -0.05) is 6.58 Å². The predicted molar refractivity (Wildman–Crippen MR) is 83.7 cm³/mol. The number of anilines is 2. The van der Waals surface area contributed by atoms with Crippen molar-refractivity contribution >= 4 is 23.0 Å². The first-order chi connectivity index (χ1) is 9.85. The number of nitrogens with zero attached hydrogens (tertiary/aromatic N) is 3. The van der Waals surface area contributed by atoms with Crippen molar-refractivity contribution in [3.8, 4) is 0 Å². The van der Waals surface area contributed by atoms with Crippen LogP contribution in [0.3, 0.4) is 0 Å². The van der Waals surface area contributed by atoms with Gasteiger partial charge in [-0.3, -0.25) is 14.9 Å². The molecule has 0 saturated carbocycles. The van der Waals surface area contributed by atoms with Crippen LogP contribution < -0.4 is 10.2 Å². The van der Waals surface area contributed by atoms with Gasteiger partial charge in [0.25, 0.3) is 5.69 Å². The highest BCUT2D eigenvalue weighted by atomic mass is 16.6. The van der Waals surface area contributed by atoms with E-state index < -0.39 is 10.8 Å². The smallest absolute Gasteiger partial charge is 0.271 e. The number of carbonyl (C=O) groups is 1. The summed E-state index contributed by atoms with van der Waals surface area (Å²) in [5.74, 6) is -0.405. The first-order valence-electron chi connectivity index (χ1n) is 6.43. The maximum Gasteiger partial charge on any atom is 0.271 e. The average Bonchev–Trinajstić information content (AvgIpc) is 2.44. The summed E-state index contributed by atoms with van der Waals surface area (Å²) in [5.41, 5.74) is 1.05. The summed E-state index contributed by atoms with van der Waals surface area (Å²) in [6, 6.07) is 4.40. The van der Waals surface area contributed by atoms with E-state index in [2.05, 4.69) is 11.9 Å². The Kier molecular flexibility index (Phi) is 5.86. The molecule has 0 fully saturated rings. The second-order valence-corrected chi connectivity index (χ2v) is 4.88. The van der Waals surface area contributed by atoms with Gasteiger partial charge in [0.1, 0.15) is 0 Å². The minimum Gasteiger partial charge on any atom is -0.372 e. The fourth-order valence-electron chi connectivity index (χ4n) is 1.72. The number of nitro groups is 1. The number of rotatable bonds is 7. The molecular weight excluding hydrogens is 272 g/mol. The van der Waals surface area contributed by atoms with Gasteiger partial charge in [0, 0.05) is 32.3 Å². The molecule has 0 atom stereocenters. The molecule has 0 radical (unpaired) electrons. The number of nitrogens with one attached hydrogen (secondary N) is 1. The third kappa shape index (κ3) is 4.88. The molecular formula is C14H20N4O3. The maximum atomic E-state index is 11.5. The lowest BCUT2D eigenvalue weighted by molar-refractivity contribution is -0.384. The molecule has 1 aromatic carbocycles. The summed E-state index contributed by atoms with van der Waals surface area (Å²) < 4.78 is 0. The van der Waals surface area contributed by atoms with Crippen LogP contribution in [0.4, 0.5) is 17.1 Å². The highest BCUT2D eigenvalue weighted by molar-refractivity contribution is 6.01. The van der Waals surface area contributed by atoms with Gasteiger partial charge in [-0.25, -0.2) is 0 Å². The van der Waals surface area contributed by atoms with E-state index in [4.69, 9.17) is 0 Å². The molecule has 0 saturated heterocycles. The van der Waals surface area contributed by atoms with Crippen LogP contribution in [0.15, 0.2) is 30.9 Å². The molecule has 7 heteroatoms. The zero-order chi connectivity index (χ0) is 16.0. The molecule has 114 valence electrons. The molecule has 0 aliphatic rings. The lowest BCUT2D eigenvalue weighted by atomic mass is 10.2. The van der Waals surface area contributed by atoms with Crippen LogP contribution in [0.5, 0.6) is 0 Å². The van der Waals surface area contributed by atoms with Crippen LogP contribution in [0, 0.1) is 10.1 Å². The Balaban J connectivity index is 3.07. The van der Waals surface area contributed by atoms with Crippen LogP contribution in [0.1, 0.15) is 0 Å². The molecule has 0 heterocycles. The van der Waals surface area contributed by atoms with Gasteiger partial charge >= 0.3 is 0 Å². The van der Waals surface area contributed by atoms with E-state index in [1.165, 1.54) is 12.1 Å². The van der Waals surface area contributed by atoms with Gasteiger partial charge in [0.2, 0.25) is 5.91 Å². The number of likely N-dealkylation sites (N-methyl/N-ethyl adjacent to an activating group) is 2. The monoisotopic (exact) mass is 292 g/mol. The predicted octanol–water partition coefficient (Wildman–Crippen LogP) is 1.72. The Labute approximate surface area is 124 Å². The van der Waals surface area contributed by atoms with E-state index in [9.17, 15) is 14.9 Å². The van der Waals surface area contributed by atoms with Gasteiger partial charge in [0.15, 0.2) is 0 Å². The molecule has 0 bridgehead atoms. The summed E-state index contributed by atoms with van der Waals surface area (Å²) in [5, 5.41) is 13.5. The van der Waals surface area contributed by atoms with E-state index in [0.717, 1.165) is 24.9 Å². The Morgan fingerprint density at radius 3 is 2.57 bits per heavy atom. The molecule has 1 N–H and O–H groups in total. The van der Waals surface area contributed by atoms with Crippen molar-refractivity contribution in [2.75, 3.05) is 44.4 Å². The van der Waals surface area contributed by atoms with Gasteiger partial charge in [0.05, 0.1) is 16.3 Å². The van der Waals surface area contributed by atoms with E-state index in [-0.39, 0.29) is 5.69 Å². The molecule has 0 unspecified atom stereocenters. The molecule has 0 aliphatic carbocycles. The molecule has 1 rings (SSSR count). The topological polar surface area (TPSA) is 78.7 Å². The number of carbonyl (C=O) groups excluding carboxylic acids is 1. The van der Waals surface area contributed by atoms with Gasteiger partial charge in [-0.2, -0.15) is 0 Å². The minimum absolute atomic E-state index is 0.0703. The second-order valence-electron chi connectivity index (χ2n) is 4.88. The van der Waals surface area contributed by atoms with Gasteiger partial charge in [-0.05, 0) is 26.2 Å². The van der Waals surface area contributed by atoms with Gasteiger partial charge < -0.3 is 15.1 Å². The number of nitro benzene ring substituents is 1. The average molecular weight is 292 g/mol. The number of benzene rings is 1. The Morgan fingerprint density at radius 1 is 1.38 bits per heavy atom. The van der Waals surface area contributed by atoms with Crippen molar-refractivity contribution < 1.29 is 9.72 Å². The molecule has 0 aliphatic heterocycles. The maximum absolute atomic E-state index is 11.5.